The van der Waals surface area contributed by atoms with Crippen molar-refractivity contribution in [1.29, 1.82) is 0 Å². The molecule has 2 rings (SSSR count). The van der Waals surface area contributed by atoms with Gasteiger partial charge >= 0.3 is 0 Å². The summed E-state index contributed by atoms with van der Waals surface area (Å²) in [4.78, 5) is 10.4. The van der Waals surface area contributed by atoms with Gasteiger partial charge in [-0.25, -0.2) is 0 Å². The number of ether oxygens (including phenoxy) is 1. The largest absolute Gasteiger partial charge is 0.456 e. The number of nitro benzene ring substituents is 1. The van der Waals surface area contributed by atoms with Crippen molar-refractivity contribution in [1.82, 2.24) is 0 Å². The molecule has 0 fully saturated rings. The summed E-state index contributed by atoms with van der Waals surface area (Å²) in [6.45, 7) is 0.210. The molecule has 0 saturated heterocycles. The van der Waals surface area contributed by atoms with Crippen LogP contribution in [0.25, 0.3) is 0 Å². The standard InChI is InChI=1S/C13H10BrClN2O3/c14-13-10(17(18)19)4-2-6-12(13)20-11-5-1-3-9(15)8(11)7-16/h1-6H,7,16H2. The predicted octanol–water partition coefficient (Wildman–Crippen LogP) is 4.26. The Kier molecular flexibility index (Phi) is 4.59. The number of halogens is 2. The van der Waals surface area contributed by atoms with Gasteiger partial charge in [-0.2, -0.15) is 0 Å². The molecular formula is C13H10BrClN2O3. The van der Waals surface area contributed by atoms with E-state index in [0.29, 0.717) is 22.1 Å². The number of benzene rings is 2. The minimum atomic E-state index is -0.487. The van der Waals surface area contributed by atoms with Gasteiger partial charge in [0.1, 0.15) is 16.0 Å². The average Bonchev–Trinajstić information content (AvgIpc) is 2.41. The van der Waals surface area contributed by atoms with E-state index in [1.54, 1.807) is 30.3 Å². The summed E-state index contributed by atoms with van der Waals surface area (Å²) in [5, 5.41) is 11.4. The van der Waals surface area contributed by atoms with Crippen LogP contribution in [0.5, 0.6) is 11.5 Å². The number of nitrogens with two attached hydrogens (primary N) is 1. The van der Waals surface area contributed by atoms with E-state index in [1.165, 1.54) is 6.07 Å². The normalized spacial score (nSPS) is 10.3. The van der Waals surface area contributed by atoms with Gasteiger partial charge < -0.3 is 10.5 Å². The third-order valence-electron chi connectivity index (χ3n) is 2.64. The van der Waals surface area contributed by atoms with Gasteiger partial charge in [-0.1, -0.05) is 23.7 Å². The summed E-state index contributed by atoms with van der Waals surface area (Å²) in [6.07, 6.45) is 0. The van der Waals surface area contributed by atoms with Gasteiger partial charge in [-0.05, 0) is 34.1 Å². The molecule has 20 heavy (non-hydrogen) atoms. The molecule has 0 bridgehead atoms. The van der Waals surface area contributed by atoms with Crippen molar-refractivity contribution < 1.29 is 9.66 Å². The SMILES string of the molecule is NCc1c(Cl)cccc1Oc1cccc([N+](=O)[O-])c1Br. The Bertz CT molecular complexity index is 664. The van der Waals surface area contributed by atoms with Crippen LogP contribution in [0.4, 0.5) is 5.69 Å². The van der Waals surface area contributed by atoms with Crippen LogP contribution in [0, 0.1) is 10.1 Å². The topological polar surface area (TPSA) is 78.4 Å². The molecule has 2 aromatic carbocycles. The second-order valence-corrected chi connectivity index (χ2v) is 5.07. The highest BCUT2D eigenvalue weighted by Crippen LogP contribution is 2.38. The van der Waals surface area contributed by atoms with Crippen molar-refractivity contribution in [3.05, 3.63) is 61.6 Å². The van der Waals surface area contributed by atoms with Gasteiger partial charge in [0.25, 0.3) is 5.69 Å². The monoisotopic (exact) mass is 356 g/mol. The quantitative estimate of drug-likeness (QED) is 0.655. The lowest BCUT2D eigenvalue weighted by Gasteiger charge is -2.12. The van der Waals surface area contributed by atoms with Crippen molar-refractivity contribution in [3.8, 4) is 11.5 Å². The molecule has 0 aliphatic carbocycles. The fourth-order valence-corrected chi connectivity index (χ4v) is 2.40. The Morgan fingerprint density at radius 1 is 1.25 bits per heavy atom. The minimum absolute atomic E-state index is 0.0705. The summed E-state index contributed by atoms with van der Waals surface area (Å²) in [7, 11) is 0. The minimum Gasteiger partial charge on any atom is -0.456 e. The molecular weight excluding hydrogens is 348 g/mol. The van der Waals surface area contributed by atoms with Gasteiger partial charge in [0.2, 0.25) is 0 Å². The van der Waals surface area contributed by atoms with Gasteiger partial charge in [-0.3, -0.25) is 10.1 Å². The highest BCUT2D eigenvalue weighted by Gasteiger charge is 2.17. The van der Waals surface area contributed by atoms with Gasteiger partial charge in [0, 0.05) is 23.2 Å². The highest BCUT2D eigenvalue weighted by molar-refractivity contribution is 9.10. The van der Waals surface area contributed by atoms with E-state index >= 15 is 0 Å². The van der Waals surface area contributed by atoms with Crippen molar-refractivity contribution in [3.63, 3.8) is 0 Å². The predicted molar refractivity (Wildman–Crippen MR) is 80.2 cm³/mol. The zero-order valence-corrected chi connectivity index (χ0v) is 12.5. The van der Waals surface area contributed by atoms with Crippen LogP contribution in [-0.4, -0.2) is 4.92 Å². The Labute approximate surface area is 128 Å². The van der Waals surface area contributed by atoms with Crippen LogP contribution in [0.15, 0.2) is 40.9 Å². The zero-order chi connectivity index (χ0) is 14.7. The van der Waals surface area contributed by atoms with Crippen molar-refractivity contribution in [2.24, 2.45) is 5.73 Å². The molecule has 0 radical (unpaired) electrons. The van der Waals surface area contributed by atoms with Gasteiger partial charge in [-0.15, -0.1) is 0 Å². The van der Waals surface area contributed by atoms with E-state index in [-0.39, 0.29) is 16.7 Å². The number of hydrogen-bond acceptors (Lipinski definition) is 4. The molecule has 104 valence electrons. The second kappa shape index (κ2) is 6.21. The van der Waals surface area contributed by atoms with E-state index < -0.39 is 4.92 Å². The molecule has 7 heteroatoms. The Hall–Kier alpha value is -1.63. The molecule has 2 aromatic rings. The highest BCUT2D eigenvalue weighted by atomic mass is 79.9. The van der Waals surface area contributed by atoms with Crippen LogP contribution in [0.1, 0.15) is 5.56 Å². The van der Waals surface area contributed by atoms with Crippen LogP contribution < -0.4 is 10.5 Å². The summed E-state index contributed by atoms with van der Waals surface area (Å²) in [5.74, 6) is 0.803. The van der Waals surface area contributed by atoms with Crippen molar-refractivity contribution in [2.75, 3.05) is 0 Å². The molecule has 0 spiro atoms. The smallest absolute Gasteiger partial charge is 0.287 e. The van der Waals surface area contributed by atoms with E-state index in [2.05, 4.69) is 15.9 Å². The third-order valence-corrected chi connectivity index (χ3v) is 3.79. The summed E-state index contributed by atoms with van der Waals surface area (Å²) in [5.41, 5.74) is 6.21. The maximum absolute atomic E-state index is 10.9. The van der Waals surface area contributed by atoms with Gasteiger partial charge in [0.15, 0.2) is 0 Å². The first-order chi connectivity index (χ1) is 9.54. The fourth-order valence-electron chi connectivity index (χ4n) is 1.67. The number of nitro groups is 1. The molecule has 0 saturated carbocycles. The number of rotatable bonds is 4. The zero-order valence-electron chi connectivity index (χ0n) is 10.2. The van der Waals surface area contributed by atoms with E-state index in [0.717, 1.165) is 0 Å². The average molecular weight is 358 g/mol. The Morgan fingerprint density at radius 3 is 2.55 bits per heavy atom. The van der Waals surface area contributed by atoms with Crippen LogP contribution >= 0.6 is 27.5 Å². The molecule has 0 unspecified atom stereocenters. The first kappa shape index (κ1) is 14.8. The van der Waals surface area contributed by atoms with E-state index in [4.69, 9.17) is 22.1 Å². The molecule has 0 aromatic heterocycles. The Morgan fingerprint density at radius 2 is 1.90 bits per heavy atom. The molecule has 0 aliphatic heterocycles. The van der Waals surface area contributed by atoms with Crippen LogP contribution in [0.3, 0.4) is 0 Å². The first-order valence-electron chi connectivity index (χ1n) is 5.62. The molecule has 0 amide bonds. The molecule has 0 aliphatic rings. The van der Waals surface area contributed by atoms with E-state index in [1.807, 2.05) is 0 Å². The molecule has 5 nitrogen and oxygen atoms in total. The first-order valence-corrected chi connectivity index (χ1v) is 6.80. The molecule has 2 N–H and O–H groups in total. The third kappa shape index (κ3) is 2.92. The molecule has 0 atom stereocenters. The lowest BCUT2D eigenvalue weighted by molar-refractivity contribution is -0.385. The maximum atomic E-state index is 10.9. The van der Waals surface area contributed by atoms with Crippen LogP contribution in [-0.2, 0) is 6.54 Å². The van der Waals surface area contributed by atoms with E-state index in [9.17, 15) is 10.1 Å². The second-order valence-electron chi connectivity index (χ2n) is 3.87. The van der Waals surface area contributed by atoms with Gasteiger partial charge in [0.05, 0.1) is 4.92 Å². The summed E-state index contributed by atoms with van der Waals surface area (Å²) >= 11 is 9.21. The lowest BCUT2D eigenvalue weighted by atomic mass is 10.2. The fraction of sp³-hybridized carbons (Fsp3) is 0.0769. The number of nitrogens with zero attached hydrogens (tertiary/aromatic N) is 1. The number of hydrogen-bond donors (Lipinski definition) is 1. The Balaban J connectivity index is 2.43. The molecule has 0 heterocycles. The van der Waals surface area contributed by atoms with Crippen molar-refractivity contribution in [2.45, 2.75) is 6.54 Å². The van der Waals surface area contributed by atoms with Crippen LogP contribution in [0.2, 0.25) is 5.02 Å². The maximum Gasteiger partial charge on any atom is 0.287 e. The lowest BCUT2D eigenvalue weighted by Crippen LogP contribution is -2.01. The summed E-state index contributed by atoms with van der Waals surface area (Å²) < 4.78 is 5.96. The van der Waals surface area contributed by atoms with Crippen molar-refractivity contribution >= 4 is 33.2 Å². The summed E-state index contributed by atoms with van der Waals surface area (Å²) in [6, 6.07) is 9.70.